The van der Waals surface area contributed by atoms with Gasteiger partial charge in [-0.05, 0) is 37.1 Å². The molecule has 146 valence electrons. The lowest BCUT2D eigenvalue weighted by Gasteiger charge is -2.18. The van der Waals surface area contributed by atoms with Crippen LogP contribution < -0.4 is 0 Å². The van der Waals surface area contributed by atoms with Crippen molar-refractivity contribution in [3.05, 3.63) is 84.8 Å². The summed E-state index contributed by atoms with van der Waals surface area (Å²) in [5, 5.41) is 0. The average molecular weight is 383 g/mol. The number of hydrogen-bond donors (Lipinski definition) is 0. The van der Waals surface area contributed by atoms with E-state index in [-0.39, 0.29) is 12.0 Å². The van der Waals surface area contributed by atoms with Gasteiger partial charge in [0.1, 0.15) is 5.82 Å². The van der Waals surface area contributed by atoms with E-state index in [1.807, 2.05) is 49.2 Å². The number of rotatable bonds is 6. The fourth-order valence-electron chi connectivity index (χ4n) is 3.50. The van der Waals surface area contributed by atoms with E-state index >= 15 is 0 Å². The molecular weight excluding hydrogens is 358 g/mol. The van der Waals surface area contributed by atoms with Crippen LogP contribution in [0.5, 0.6) is 0 Å². The van der Waals surface area contributed by atoms with Crippen molar-refractivity contribution in [2.45, 2.75) is 39.2 Å². The highest BCUT2D eigenvalue weighted by Gasteiger charge is 2.20. The highest BCUT2D eigenvalue weighted by molar-refractivity contribution is 5.76. The van der Waals surface area contributed by atoms with Crippen molar-refractivity contribution in [1.82, 2.24) is 24.5 Å². The predicted octanol–water partition coefficient (Wildman–Crippen LogP) is 5.33. The SMILES string of the molecule is CC(C)c1nccc(-c2c(-c3ccccc3)ncn2[C@H](C)Cc2ccncc2)n1. The summed E-state index contributed by atoms with van der Waals surface area (Å²) in [6, 6.07) is 16.6. The Morgan fingerprint density at radius 3 is 2.34 bits per heavy atom. The summed E-state index contributed by atoms with van der Waals surface area (Å²) in [5.74, 6) is 1.11. The first-order valence-corrected chi connectivity index (χ1v) is 9.98. The second-order valence-corrected chi connectivity index (χ2v) is 7.58. The molecule has 0 bridgehead atoms. The zero-order valence-corrected chi connectivity index (χ0v) is 17.0. The topological polar surface area (TPSA) is 56.5 Å². The molecule has 0 aliphatic carbocycles. The number of imidazole rings is 1. The monoisotopic (exact) mass is 383 g/mol. The molecule has 5 nitrogen and oxygen atoms in total. The number of benzene rings is 1. The molecule has 0 amide bonds. The summed E-state index contributed by atoms with van der Waals surface area (Å²) in [6.45, 7) is 6.44. The first kappa shape index (κ1) is 19.0. The van der Waals surface area contributed by atoms with Crippen molar-refractivity contribution < 1.29 is 0 Å². The van der Waals surface area contributed by atoms with Gasteiger partial charge in [-0.15, -0.1) is 0 Å². The Morgan fingerprint density at radius 2 is 1.62 bits per heavy atom. The van der Waals surface area contributed by atoms with Crippen LogP contribution in [0.15, 0.2) is 73.4 Å². The molecular formula is C24H25N5. The standard InChI is InChI=1S/C24H25N5/c1-17(2)24-26-14-11-21(28-24)23-22(20-7-5-4-6-8-20)27-16-29(23)18(3)15-19-9-12-25-13-10-19/h4-14,16-18H,15H2,1-3H3/t18-/m1/s1. The van der Waals surface area contributed by atoms with Crippen LogP contribution in [0.2, 0.25) is 0 Å². The lowest BCUT2D eigenvalue weighted by Crippen LogP contribution is -2.10. The highest BCUT2D eigenvalue weighted by atomic mass is 15.1. The fraction of sp³-hybridized carbons (Fsp3) is 0.250. The normalized spacial score (nSPS) is 12.3. The number of hydrogen-bond acceptors (Lipinski definition) is 4. The molecule has 29 heavy (non-hydrogen) atoms. The molecule has 0 spiro atoms. The molecule has 4 rings (SSSR count). The summed E-state index contributed by atoms with van der Waals surface area (Å²) in [6.07, 6.45) is 8.34. The van der Waals surface area contributed by atoms with Gasteiger partial charge in [-0.1, -0.05) is 44.2 Å². The van der Waals surface area contributed by atoms with Gasteiger partial charge in [0.2, 0.25) is 0 Å². The van der Waals surface area contributed by atoms with Gasteiger partial charge in [0.05, 0.1) is 23.4 Å². The third-order valence-electron chi connectivity index (χ3n) is 5.03. The van der Waals surface area contributed by atoms with E-state index in [9.17, 15) is 0 Å². The molecule has 0 unspecified atom stereocenters. The van der Waals surface area contributed by atoms with Crippen LogP contribution in [0.3, 0.4) is 0 Å². The third kappa shape index (κ3) is 4.09. The maximum atomic E-state index is 4.87. The minimum atomic E-state index is 0.217. The molecule has 0 saturated carbocycles. The number of nitrogens with zero attached hydrogens (tertiary/aromatic N) is 5. The molecule has 3 heterocycles. The van der Waals surface area contributed by atoms with E-state index in [0.717, 1.165) is 34.9 Å². The van der Waals surface area contributed by atoms with Gasteiger partial charge in [-0.2, -0.15) is 0 Å². The average Bonchev–Trinajstić information content (AvgIpc) is 3.20. The maximum absolute atomic E-state index is 4.87. The largest absolute Gasteiger partial charge is 0.326 e. The summed E-state index contributed by atoms with van der Waals surface area (Å²) in [7, 11) is 0. The molecule has 0 N–H and O–H groups in total. The van der Waals surface area contributed by atoms with Crippen LogP contribution in [0.1, 0.15) is 44.1 Å². The second-order valence-electron chi connectivity index (χ2n) is 7.58. The minimum Gasteiger partial charge on any atom is -0.326 e. The van der Waals surface area contributed by atoms with E-state index in [1.54, 1.807) is 0 Å². The summed E-state index contributed by atoms with van der Waals surface area (Å²) >= 11 is 0. The Labute approximate surface area is 171 Å². The molecule has 3 aromatic heterocycles. The van der Waals surface area contributed by atoms with Crippen LogP contribution in [0.25, 0.3) is 22.6 Å². The van der Waals surface area contributed by atoms with Crippen molar-refractivity contribution in [2.75, 3.05) is 0 Å². The van der Waals surface area contributed by atoms with Crippen molar-refractivity contribution in [2.24, 2.45) is 0 Å². The van der Waals surface area contributed by atoms with Gasteiger partial charge in [0.25, 0.3) is 0 Å². The zero-order valence-electron chi connectivity index (χ0n) is 17.0. The van der Waals surface area contributed by atoms with E-state index in [0.29, 0.717) is 0 Å². The van der Waals surface area contributed by atoms with Gasteiger partial charge in [0, 0.05) is 36.1 Å². The van der Waals surface area contributed by atoms with Crippen LogP contribution in [0.4, 0.5) is 0 Å². The molecule has 1 aromatic carbocycles. The van der Waals surface area contributed by atoms with Gasteiger partial charge in [-0.25, -0.2) is 15.0 Å². The summed E-state index contributed by atoms with van der Waals surface area (Å²) in [4.78, 5) is 18.2. The minimum absolute atomic E-state index is 0.217. The van der Waals surface area contributed by atoms with Gasteiger partial charge >= 0.3 is 0 Å². The van der Waals surface area contributed by atoms with E-state index in [2.05, 4.69) is 59.6 Å². The fourth-order valence-corrected chi connectivity index (χ4v) is 3.50. The number of aromatic nitrogens is 5. The second kappa shape index (κ2) is 8.35. The quantitative estimate of drug-likeness (QED) is 0.452. The first-order valence-electron chi connectivity index (χ1n) is 9.98. The van der Waals surface area contributed by atoms with E-state index < -0.39 is 0 Å². The molecule has 0 aliphatic rings. The summed E-state index contributed by atoms with van der Waals surface area (Å²) in [5.41, 5.74) is 5.21. The maximum Gasteiger partial charge on any atom is 0.131 e. The van der Waals surface area contributed by atoms with Crippen molar-refractivity contribution in [3.8, 4) is 22.6 Å². The molecule has 1 atom stereocenters. The van der Waals surface area contributed by atoms with E-state index in [4.69, 9.17) is 9.97 Å². The van der Waals surface area contributed by atoms with Crippen LogP contribution in [-0.4, -0.2) is 24.5 Å². The van der Waals surface area contributed by atoms with E-state index in [1.165, 1.54) is 5.56 Å². The van der Waals surface area contributed by atoms with Crippen molar-refractivity contribution in [1.29, 1.82) is 0 Å². The molecule has 0 aliphatic heterocycles. The van der Waals surface area contributed by atoms with Crippen LogP contribution in [-0.2, 0) is 6.42 Å². The van der Waals surface area contributed by atoms with Crippen LogP contribution >= 0.6 is 0 Å². The Morgan fingerprint density at radius 1 is 0.862 bits per heavy atom. The number of pyridine rings is 1. The third-order valence-corrected chi connectivity index (χ3v) is 5.03. The van der Waals surface area contributed by atoms with Gasteiger partial charge < -0.3 is 4.57 Å². The smallest absolute Gasteiger partial charge is 0.131 e. The molecule has 4 aromatic rings. The molecule has 0 fully saturated rings. The molecule has 0 radical (unpaired) electrons. The lowest BCUT2D eigenvalue weighted by atomic mass is 10.1. The summed E-state index contributed by atoms with van der Waals surface area (Å²) < 4.78 is 2.23. The first-order chi connectivity index (χ1) is 14.1. The highest BCUT2D eigenvalue weighted by Crippen LogP contribution is 2.33. The molecule has 5 heteroatoms. The van der Waals surface area contributed by atoms with Crippen molar-refractivity contribution in [3.63, 3.8) is 0 Å². The Bertz CT molecular complexity index is 1070. The Hall–Kier alpha value is -3.34. The van der Waals surface area contributed by atoms with Crippen molar-refractivity contribution >= 4 is 0 Å². The van der Waals surface area contributed by atoms with Gasteiger partial charge in [-0.3, -0.25) is 4.98 Å². The zero-order chi connectivity index (χ0) is 20.2. The lowest BCUT2D eigenvalue weighted by molar-refractivity contribution is 0.548. The van der Waals surface area contributed by atoms with Gasteiger partial charge in [0.15, 0.2) is 0 Å². The van der Waals surface area contributed by atoms with Crippen LogP contribution in [0, 0.1) is 0 Å². The predicted molar refractivity (Wildman–Crippen MR) is 115 cm³/mol. The molecule has 0 saturated heterocycles. The Kier molecular flexibility index (Phi) is 5.47. The Balaban J connectivity index is 1.82.